The van der Waals surface area contributed by atoms with Crippen molar-refractivity contribution in [2.24, 2.45) is 0 Å². The molecule has 2 aromatic carbocycles. The molecule has 2 aromatic rings. The van der Waals surface area contributed by atoms with Crippen molar-refractivity contribution >= 4 is 10.0 Å². The lowest BCUT2D eigenvalue weighted by molar-refractivity contribution is 0.107. The molecule has 0 aliphatic carbocycles. The van der Waals surface area contributed by atoms with Gasteiger partial charge in [-0.1, -0.05) is 24.3 Å². The Morgan fingerprint density at radius 1 is 1.04 bits per heavy atom. The highest BCUT2D eigenvalue weighted by atomic mass is 32.2. The number of hydrogen-bond acceptors (Lipinski definition) is 4. The number of methoxy groups -OCH3 is 2. The number of benzene rings is 2. The first-order valence-corrected chi connectivity index (χ1v) is 9.10. The zero-order valence-electron chi connectivity index (χ0n) is 14.4. The lowest BCUT2D eigenvalue weighted by Gasteiger charge is -2.19. The van der Waals surface area contributed by atoms with E-state index in [4.69, 9.17) is 9.47 Å². The predicted molar refractivity (Wildman–Crippen MR) is 93.8 cm³/mol. The summed E-state index contributed by atoms with van der Waals surface area (Å²) in [6.07, 6.45) is -0.347. The Labute approximate surface area is 143 Å². The number of hydrogen-bond donors (Lipinski definition) is 1. The van der Waals surface area contributed by atoms with Crippen LogP contribution in [-0.2, 0) is 14.8 Å². The van der Waals surface area contributed by atoms with Crippen molar-refractivity contribution in [1.82, 2.24) is 4.72 Å². The molecule has 0 aromatic heterocycles. The highest BCUT2D eigenvalue weighted by molar-refractivity contribution is 7.89. The maximum absolute atomic E-state index is 12.5. The standard InChI is InChI=1S/C18H23NO4S/c1-13-7-5-6-8-16(13)18(23-4)12-19-24(20,21)15-9-10-17(22-3)14(2)11-15/h5-11,18-19H,12H2,1-4H3. The summed E-state index contributed by atoms with van der Waals surface area (Å²) in [7, 11) is -0.491. The largest absolute Gasteiger partial charge is 0.496 e. The molecule has 1 N–H and O–H groups in total. The van der Waals surface area contributed by atoms with E-state index in [-0.39, 0.29) is 17.5 Å². The third kappa shape index (κ3) is 4.14. The van der Waals surface area contributed by atoms with Gasteiger partial charge in [0.05, 0.1) is 18.1 Å². The predicted octanol–water partition coefficient (Wildman–Crippen LogP) is 2.98. The molecule has 0 spiro atoms. The Morgan fingerprint density at radius 3 is 2.33 bits per heavy atom. The van der Waals surface area contributed by atoms with E-state index in [1.807, 2.05) is 38.1 Å². The monoisotopic (exact) mass is 349 g/mol. The van der Waals surface area contributed by atoms with Crippen molar-refractivity contribution in [3.63, 3.8) is 0 Å². The fraction of sp³-hybridized carbons (Fsp3) is 0.333. The van der Waals surface area contributed by atoms with Gasteiger partial charge in [-0.25, -0.2) is 13.1 Å². The molecule has 0 bridgehead atoms. The molecule has 0 fully saturated rings. The van der Waals surface area contributed by atoms with Gasteiger partial charge in [0, 0.05) is 13.7 Å². The first-order chi connectivity index (χ1) is 11.4. The van der Waals surface area contributed by atoms with Crippen LogP contribution in [0.4, 0.5) is 0 Å². The summed E-state index contributed by atoms with van der Waals surface area (Å²) in [6.45, 7) is 3.95. The van der Waals surface area contributed by atoms with E-state index in [0.29, 0.717) is 5.75 Å². The third-order valence-corrected chi connectivity index (χ3v) is 5.38. The minimum Gasteiger partial charge on any atom is -0.496 e. The van der Waals surface area contributed by atoms with E-state index in [2.05, 4.69) is 4.72 Å². The van der Waals surface area contributed by atoms with Gasteiger partial charge >= 0.3 is 0 Å². The fourth-order valence-corrected chi connectivity index (χ4v) is 3.67. The Morgan fingerprint density at radius 2 is 1.75 bits per heavy atom. The summed E-state index contributed by atoms with van der Waals surface area (Å²) >= 11 is 0. The number of nitrogens with one attached hydrogen (secondary N) is 1. The Hall–Kier alpha value is -1.89. The molecule has 0 saturated heterocycles. The minimum atomic E-state index is -3.62. The lowest BCUT2D eigenvalue weighted by atomic mass is 10.0. The molecule has 1 unspecified atom stereocenters. The van der Waals surface area contributed by atoms with Crippen molar-refractivity contribution in [2.45, 2.75) is 24.8 Å². The van der Waals surface area contributed by atoms with Gasteiger partial charge in [-0.05, 0) is 48.7 Å². The van der Waals surface area contributed by atoms with Crippen molar-refractivity contribution in [3.8, 4) is 5.75 Å². The van der Waals surface area contributed by atoms with Crippen LogP contribution in [0.25, 0.3) is 0 Å². The minimum absolute atomic E-state index is 0.161. The van der Waals surface area contributed by atoms with Gasteiger partial charge in [0.1, 0.15) is 5.75 Å². The van der Waals surface area contributed by atoms with Gasteiger partial charge in [0.15, 0.2) is 0 Å². The van der Waals surface area contributed by atoms with Gasteiger partial charge in [0.2, 0.25) is 10.0 Å². The van der Waals surface area contributed by atoms with Crippen LogP contribution in [0, 0.1) is 13.8 Å². The summed E-state index contributed by atoms with van der Waals surface area (Å²) in [5.41, 5.74) is 2.79. The zero-order chi connectivity index (χ0) is 17.7. The second-order valence-electron chi connectivity index (χ2n) is 5.56. The van der Waals surface area contributed by atoms with Crippen molar-refractivity contribution in [2.75, 3.05) is 20.8 Å². The molecule has 0 saturated carbocycles. The molecule has 0 heterocycles. The molecule has 0 radical (unpaired) electrons. The molecule has 6 heteroatoms. The molecule has 1 atom stereocenters. The normalized spacial score (nSPS) is 12.8. The van der Waals surface area contributed by atoms with Gasteiger partial charge in [-0.15, -0.1) is 0 Å². The summed E-state index contributed by atoms with van der Waals surface area (Å²) in [5, 5.41) is 0. The molecule has 5 nitrogen and oxygen atoms in total. The highest BCUT2D eigenvalue weighted by Crippen LogP contribution is 2.23. The Kier molecular flexibility index (Phi) is 5.99. The van der Waals surface area contributed by atoms with Gasteiger partial charge in [0.25, 0.3) is 0 Å². The topological polar surface area (TPSA) is 64.6 Å². The van der Waals surface area contributed by atoms with E-state index < -0.39 is 10.0 Å². The maximum atomic E-state index is 12.5. The number of aryl methyl sites for hydroxylation is 2. The van der Waals surface area contributed by atoms with E-state index in [9.17, 15) is 8.42 Å². The van der Waals surface area contributed by atoms with E-state index in [1.54, 1.807) is 26.4 Å². The molecule has 0 aliphatic heterocycles. The SMILES string of the molecule is COc1ccc(S(=O)(=O)NCC(OC)c2ccccc2C)cc1C. The van der Waals surface area contributed by atoms with Gasteiger partial charge in [-0.3, -0.25) is 0 Å². The highest BCUT2D eigenvalue weighted by Gasteiger charge is 2.19. The first kappa shape index (κ1) is 18.4. The van der Waals surface area contributed by atoms with Crippen LogP contribution < -0.4 is 9.46 Å². The van der Waals surface area contributed by atoms with E-state index >= 15 is 0 Å². The third-order valence-electron chi connectivity index (χ3n) is 3.96. The van der Waals surface area contributed by atoms with Gasteiger partial charge in [-0.2, -0.15) is 0 Å². The number of sulfonamides is 1. The summed E-state index contributed by atoms with van der Waals surface area (Å²) < 4.78 is 38.3. The second-order valence-corrected chi connectivity index (χ2v) is 7.33. The van der Waals surface area contributed by atoms with Crippen LogP contribution in [-0.4, -0.2) is 29.2 Å². The smallest absolute Gasteiger partial charge is 0.240 e. The average molecular weight is 349 g/mol. The maximum Gasteiger partial charge on any atom is 0.240 e. The quantitative estimate of drug-likeness (QED) is 0.835. The Bertz CT molecular complexity index is 802. The van der Waals surface area contributed by atoms with Crippen LogP contribution in [0.1, 0.15) is 22.8 Å². The summed E-state index contributed by atoms with van der Waals surface area (Å²) in [4.78, 5) is 0.209. The first-order valence-electron chi connectivity index (χ1n) is 7.61. The molecule has 2 rings (SSSR count). The summed E-state index contributed by atoms with van der Waals surface area (Å²) in [5.74, 6) is 0.656. The van der Waals surface area contributed by atoms with E-state index in [1.165, 1.54) is 6.07 Å². The fourth-order valence-electron chi connectivity index (χ4n) is 2.56. The molecule has 130 valence electrons. The van der Waals surface area contributed by atoms with Crippen LogP contribution in [0.5, 0.6) is 5.75 Å². The van der Waals surface area contributed by atoms with Crippen LogP contribution >= 0.6 is 0 Å². The summed E-state index contributed by atoms with van der Waals surface area (Å²) in [6, 6.07) is 12.5. The second kappa shape index (κ2) is 7.79. The molecular weight excluding hydrogens is 326 g/mol. The number of rotatable bonds is 7. The molecule has 24 heavy (non-hydrogen) atoms. The van der Waals surface area contributed by atoms with Crippen molar-refractivity contribution in [1.29, 1.82) is 0 Å². The van der Waals surface area contributed by atoms with Crippen LogP contribution in [0.2, 0.25) is 0 Å². The van der Waals surface area contributed by atoms with E-state index in [0.717, 1.165) is 16.7 Å². The molecular formula is C18H23NO4S. The van der Waals surface area contributed by atoms with Gasteiger partial charge < -0.3 is 9.47 Å². The van der Waals surface area contributed by atoms with Crippen LogP contribution in [0.3, 0.4) is 0 Å². The number of ether oxygens (including phenoxy) is 2. The lowest BCUT2D eigenvalue weighted by Crippen LogP contribution is -2.29. The average Bonchev–Trinajstić information content (AvgIpc) is 2.56. The zero-order valence-corrected chi connectivity index (χ0v) is 15.2. The van der Waals surface area contributed by atoms with Crippen molar-refractivity contribution in [3.05, 3.63) is 59.2 Å². The Balaban J connectivity index is 2.17. The van der Waals surface area contributed by atoms with Crippen LogP contribution in [0.15, 0.2) is 47.4 Å². The van der Waals surface area contributed by atoms with Crippen molar-refractivity contribution < 1.29 is 17.9 Å². The molecule has 0 amide bonds. The molecule has 0 aliphatic rings.